The Bertz CT molecular complexity index is 102. The Hall–Kier alpha value is -0.510. The van der Waals surface area contributed by atoms with Crippen molar-refractivity contribution >= 4 is 0 Å². The monoisotopic (exact) mass is 128 g/mol. The third-order valence-electron chi connectivity index (χ3n) is 1.40. The second kappa shape index (κ2) is 4.38. The molecule has 0 aliphatic heterocycles. The van der Waals surface area contributed by atoms with E-state index in [0.717, 1.165) is 12.8 Å². The molecule has 0 amide bonds. The molecule has 0 nitrogen and oxygen atoms in total. The summed E-state index contributed by atoms with van der Waals surface area (Å²) in [5, 5.41) is 0. The average molecular weight is 128 g/mol. The SMILES string of the molecule is C#C[C@H](F)C(C)CCC. The van der Waals surface area contributed by atoms with Gasteiger partial charge in [0.25, 0.3) is 0 Å². The summed E-state index contributed by atoms with van der Waals surface area (Å²) >= 11 is 0. The maximum Gasteiger partial charge on any atom is 0.162 e. The van der Waals surface area contributed by atoms with Gasteiger partial charge in [-0.2, -0.15) is 0 Å². The van der Waals surface area contributed by atoms with Crippen molar-refractivity contribution in [3.63, 3.8) is 0 Å². The Balaban J connectivity index is 3.48. The van der Waals surface area contributed by atoms with Crippen LogP contribution in [0.1, 0.15) is 26.7 Å². The van der Waals surface area contributed by atoms with E-state index in [-0.39, 0.29) is 5.92 Å². The highest BCUT2D eigenvalue weighted by atomic mass is 19.1. The van der Waals surface area contributed by atoms with E-state index in [2.05, 4.69) is 5.92 Å². The second-order valence-corrected chi connectivity index (χ2v) is 2.33. The van der Waals surface area contributed by atoms with Crippen LogP contribution >= 0.6 is 0 Å². The van der Waals surface area contributed by atoms with Gasteiger partial charge in [-0.05, 0) is 12.3 Å². The third kappa shape index (κ3) is 3.13. The van der Waals surface area contributed by atoms with Crippen molar-refractivity contribution in [3.05, 3.63) is 0 Å². The van der Waals surface area contributed by atoms with Crippen molar-refractivity contribution in [2.45, 2.75) is 32.9 Å². The fraction of sp³-hybridized carbons (Fsp3) is 0.750. The number of terminal acetylenes is 1. The molecule has 0 aromatic heterocycles. The first-order valence-electron chi connectivity index (χ1n) is 3.32. The summed E-state index contributed by atoms with van der Waals surface area (Å²) in [5.41, 5.74) is 0. The Morgan fingerprint density at radius 3 is 2.56 bits per heavy atom. The lowest BCUT2D eigenvalue weighted by Crippen LogP contribution is -2.08. The predicted octanol–water partition coefficient (Wildman–Crippen LogP) is 2.39. The van der Waals surface area contributed by atoms with Crippen molar-refractivity contribution in [2.75, 3.05) is 0 Å². The van der Waals surface area contributed by atoms with Gasteiger partial charge in [0.05, 0.1) is 0 Å². The largest absolute Gasteiger partial charge is 0.233 e. The van der Waals surface area contributed by atoms with Crippen LogP contribution in [0.3, 0.4) is 0 Å². The third-order valence-corrected chi connectivity index (χ3v) is 1.40. The lowest BCUT2D eigenvalue weighted by Gasteiger charge is -2.08. The Labute approximate surface area is 56.5 Å². The number of halogens is 1. The van der Waals surface area contributed by atoms with Crippen molar-refractivity contribution in [3.8, 4) is 12.3 Å². The molecule has 0 aromatic carbocycles. The van der Waals surface area contributed by atoms with E-state index in [1.165, 1.54) is 0 Å². The fourth-order valence-electron chi connectivity index (χ4n) is 0.766. The highest BCUT2D eigenvalue weighted by Gasteiger charge is 2.10. The van der Waals surface area contributed by atoms with Gasteiger partial charge in [-0.15, -0.1) is 6.42 Å². The molecule has 0 saturated heterocycles. The number of hydrogen-bond acceptors (Lipinski definition) is 0. The van der Waals surface area contributed by atoms with Gasteiger partial charge >= 0.3 is 0 Å². The fourth-order valence-corrected chi connectivity index (χ4v) is 0.766. The highest BCUT2D eigenvalue weighted by Crippen LogP contribution is 2.12. The van der Waals surface area contributed by atoms with Crippen LogP contribution < -0.4 is 0 Å². The molecular weight excluding hydrogens is 115 g/mol. The standard InChI is InChI=1S/C8H13F/c1-4-6-7(3)8(9)5-2/h2,7-8H,4,6H2,1,3H3/t7?,8-/m0/s1. The molecule has 0 rings (SSSR count). The zero-order valence-corrected chi connectivity index (χ0v) is 6.02. The molecule has 0 aromatic rings. The number of alkyl halides is 1. The maximum absolute atomic E-state index is 12.5. The molecular formula is C8H13F. The topological polar surface area (TPSA) is 0 Å². The Morgan fingerprint density at radius 2 is 2.22 bits per heavy atom. The molecule has 0 bridgehead atoms. The van der Waals surface area contributed by atoms with E-state index in [4.69, 9.17) is 6.42 Å². The summed E-state index contributed by atoms with van der Waals surface area (Å²) < 4.78 is 12.5. The average Bonchev–Trinajstić information content (AvgIpc) is 1.87. The lowest BCUT2D eigenvalue weighted by molar-refractivity contribution is 0.293. The summed E-state index contributed by atoms with van der Waals surface area (Å²) in [6.07, 6.45) is 5.71. The molecule has 0 fully saturated rings. The van der Waals surface area contributed by atoms with Crippen LogP contribution in [-0.2, 0) is 0 Å². The molecule has 0 saturated carbocycles. The molecule has 0 aliphatic rings. The molecule has 0 radical (unpaired) electrons. The van der Waals surface area contributed by atoms with Crippen LogP contribution in [0.15, 0.2) is 0 Å². The smallest absolute Gasteiger partial charge is 0.162 e. The van der Waals surface area contributed by atoms with Crippen LogP contribution in [0.2, 0.25) is 0 Å². The summed E-state index contributed by atoms with van der Waals surface area (Å²) in [5.74, 6) is 2.11. The van der Waals surface area contributed by atoms with Crippen LogP contribution in [0.4, 0.5) is 4.39 Å². The van der Waals surface area contributed by atoms with Gasteiger partial charge in [0.2, 0.25) is 0 Å². The molecule has 0 aliphatic carbocycles. The van der Waals surface area contributed by atoms with Gasteiger partial charge in [-0.3, -0.25) is 0 Å². The summed E-state index contributed by atoms with van der Waals surface area (Å²) in [4.78, 5) is 0. The van der Waals surface area contributed by atoms with Crippen molar-refractivity contribution in [1.82, 2.24) is 0 Å². The first-order valence-corrected chi connectivity index (χ1v) is 3.32. The molecule has 52 valence electrons. The van der Waals surface area contributed by atoms with Gasteiger partial charge < -0.3 is 0 Å². The molecule has 1 heteroatoms. The van der Waals surface area contributed by atoms with E-state index in [9.17, 15) is 4.39 Å². The minimum atomic E-state index is -1.05. The second-order valence-electron chi connectivity index (χ2n) is 2.33. The van der Waals surface area contributed by atoms with Crippen LogP contribution in [0.25, 0.3) is 0 Å². The number of rotatable bonds is 3. The van der Waals surface area contributed by atoms with Crippen LogP contribution in [0, 0.1) is 18.3 Å². The van der Waals surface area contributed by atoms with Crippen molar-refractivity contribution in [1.29, 1.82) is 0 Å². The van der Waals surface area contributed by atoms with Gasteiger partial charge in [0, 0.05) is 0 Å². The molecule has 1 unspecified atom stereocenters. The zero-order chi connectivity index (χ0) is 7.28. The molecule has 0 N–H and O–H groups in total. The first kappa shape index (κ1) is 8.49. The first-order chi connectivity index (χ1) is 4.22. The quantitative estimate of drug-likeness (QED) is 0.512. The summed E-state index contributed by atoms with van der Waals surface area (Å²) in [7, 11) is 0. The van der Waals surface area contributed by atoms with Gasteiger partial charge in [0.15, 0.2) is 6.17 Å². The summed E-state index contributed by atoms with van der Waals surface area (Å²) in [6.45, 7) is 3.87. The van der Waals surface area contributed by atoms with Crippen molar-refractivity contribution in [2.24, 2.45) is 5.92 Å². The van der Waals surface area contributed by atoms with Crippen LogP contribution in [-0.4, -0.2) is 6.17 Å². The normalized spacial score (nSPS) is 16.2. The molecule has 0 heterocycles. The van der Waals surface area contributed by atoms with Gasteiger partial charge in [0.1, 0.15) is 0 Å². The van der Waals surface area contributed by atoms with Gasteiger partial charge in [-0.25, -0.2) is 4.39 Å². The van der Waals surface area contributed by atoms with Crippen molar-refractivity contribution < 1.29 is 4.39 Å². The predicted molar refractivity (Wildman–Crippen MR) is 37.8 cm³/mol. The summed E-state index contributed by atoms with van der Waals surface area (Å²) in [6, 6.07) is 0. The Morgan fingerprint density at radius 1 is 1.67 bits per heavy atom. The zero-order valence-electron chi connectivity index (χ0n) is 6.02. The van der Waals surface area contributed by atoms with E-state index in [0.29, 0.717) is 0 Å². The van der Waals surface area contributed by atoms with E-state index in [1.807, 2.05) is 13.8 Å². The van der Waals surface area contributed by atoms with E-state index < -0.39 is 6.17 Å². The van der Waals surface area contributed by atoms with E-state index >= 15 is 0 Å². The molecule has 9 heavy (non-hydrogen) atoms. The Kier molecular flexibility index (Phi) is 4.13. The lowest BCUT2D eigenvalue weighted by atomic mass is 10.0. The molecule has 0 spiro atoms. The van der Waals surface area contributed by atoms with Crippen LogP contribution in [0.5, 0.6) is 0 Å². The maximum atomic E-state index is 12.5. The highest BCUT2D eigenvalue weighted by molar-refractivity contribution is 4.95. The molecule has 2 atom stereocenters. The minimum absolute atomic E-state index is 0.0278. The van der Waals surface area contributed by atoms with Gasteiger partial charge in [-0.1, -0.05) is 26.2 Å². The van der Waals surface area contributed by atoms with E-state index in [1.54, 1.807) is 0 Å². The number of hydrogen-bond donors (Lipinski definition) is 0. The minimum Gasteiger partial charge on any atom is -0.233 e.